The molecule has 152 valence electrons. The first-order valence-electron chi connectivity index (χ1n) is 9.02. The Bertz CT molecular complexity index is 991. The highest BCUT2D eigenvalue weighted by atomic mass is 32.1. The Balaban J connectivity index is 1.71. The maximum absolute atomic E-state index is 13.3. The Kier molecular flexibility index (Phi) is 6.79. The molecule has 0 aliphatic rings. The van der Waals surface area contributed by atoms with Crippen LogP contribution in [0.5, 0.6) is 5.75 Å². The van der Waals surface area contributed by atoms with Gasteiger partial charge < -0.3 is 14.7 Å². The Morgan fingerprint density at radius 1 is 1.28 bits per heavy atom. The topological polar surface area (TPSA) is 74.7 Å². The summed E-state index contributed by atoms with van der Waals surface area (Å²) in [5, 5.41) is 12.3. The Morgan fingerprint density at radius 3 is 2.83 bits per heavy atom. The second-order valence-corrected chi connectivity index (χ2v) is 7.66. The molecule has 1 heterocycles. The van der Waals surface area contributed by atoms with Gasteiger partial charge in [0.1, 0.15) is 18.2 Å². The van der Waals surface area contributed by atoms with E-state index in [1.807, 2.05) is 25.1 Å². The van der Waals surface area contributed by atoms with Gasteiger partial charge in [-0.3, -0.25) is 10.1 Å². The number of hydrogen-bond acceptors (Lipinski definition) is 6. The summed E-state index contributed by atoms with van der Waals surface area (Å²) in [6, 6.07) is 11.5. The van der Waals surface area contributed by atoms with Crippen molar-refractivity contribution >= 4 is 28.1 Å². The predicted octanol–water partition coefficient (Wildman–Crippen LogP) is 3.56. The van der Waals surface area contributed by atoms with Gasteiger partial charge in [-0.15, -0.1) is 11.3 Å². The fourth-order valence-corrected chi connectivity index (χ4v) is 3.60. The summed E-state index contributed by atoms with van der Waals surface area (Å²) >= 11 is 1.34. The van der Waals surface area contributed by atoms with E-state index in [0.717, 1.165) is 16.1 Å². The lowest BCUT2D eigenvalue weighted by Gasteiger charge is -2.18. The van der Waals surface area contributed by atoms with Crippen LogP contribution in [-0.2, 0) is 6.42 Å². The predicted molar refractivity (Wildman–Crippen MR) is 113 cm³/mol. The first-order valence-corrected chi connectivity index (χ1v) is 9.83. The molecule has 6 nitrogen and oxygen atoms in total. The number of aliphatic hydroxyl groups excluding tert-OH is 1. The minimum atomic E-state index is -0.309. The Hall–Kier alpha value is -2.97. The monoisotopic (exact) mass is 415 g/mol. The van der Waals surface area contributed by atoms with E-state index in [1.165, 1.54) is 23.5 Å². The smallest absolute Gasteiger partial charge is 0.257 e. The summed E-state index contributed by atoms with van der Waals surface area (Å²) in [5.41, 5.74) is 2.07. The van der Waals surface area contributed by atoms with Gasteiger partial charge in [0.2, 0.25) is 0 Å². The van der Waals surface area contributed by atoms with Crippen LogP contribution in [0, 0.1) is 5.82 Å². The maximum Gasteiger partial charge on any atom is 0.257 e. The highest BCUT2D eigenvalue weighted by Crippen LogP contribution is 2.29. The average Bonchev–Trinajstić information content (AvgIpc) is 3.12. The molecule has 1 amide bonds. The van der Waals surface area contributed by atoms with Gasteiger partial charge in [0.05, 0.1) is 12.3 Å². The average molecular weight is 415 g/mol. The third-order valence-corrected chi connectivity index (χ3v) is 5.01. The molecular weight excluding hydrogens is 393 g/mol. The molecular formula is C21H22FN3O3S. The largest absolute Gasteiger partial charge is 0.489 e. The number of rotatable bonds is 8. The summed E-state index contributed by atoms with van der Waals surface area (Å²) in [5.74, 6) is -0.0700. The van der Waals surface area contributed by atoms with Gasteiger partial charge in [0.25, 0.3) is 5.91 Å². The number of aromatic nitrogens is 1. The summed E-state index contributed by atoms with van der Waals surface area (Å²) in [4.78, 5) is 19.6. The molecule has 0 fully saturated rings. The third-order valence-electron chi connectivity index (χ3n) is 4.09. The molecule has 0 bridgehead atoms. The van der Waals surface area contributed by atoms with Crippen molar-refractivity contribution in [2.45, 2.75) is 6.42 Å². The minimum Gasteiger partial charge on any atom is -0.489 e. The normalized spacial score (nSPS) is 10.6. The number of halogens is 1. The van der Waals surface area contributed by atoms with Crippen LogP contribution in [0.1, 0.15) is 20.8 Å². The maximum atomic E-state index is 13.3. The number of anilines is 2. The van der Waals surface area contributed by atoms with E-state index in [0.29, 0.717) is 22.9 Å². The van der Waals surface area contributed by atoms with Crippen LogP contribution in [-0.4, -0.2) is 43.3 Å². The summed E-state index contributed by atoms with van der Waals surface area (Å²) in [7, 11) is 3.74. The van der Waals surface area contributed by atoms with Crippen LogP contribution in [0.3, 0.4) is 0 Å². The zero-order valence-electron chi connectivity index (χ0n) is 16.2. The second kappa shape index (κ2) is 9.49. The molecule has 0 radical (unpaired) electrons. The molecule has 0 aliphatic heterocycles. The summed E-state index contributed by atoms with van der Waals surface area (Å²) in [6.45, 7) is 0.0261. The van der Waals surface area contributed by atoms with Crippen LogP contribution < -0.4 is 15.0 Å². The van der Waals surface area contributed by atoms with Crippen molar-refractivity contribution in [1.82, 2.24) is 4.98 Å². The van der Waals surface area contributed by atoms with E-state index >= 15 is 0 Å². The molecule has 1 aromatic heterocycles. The van der Waals surface area contributed by atoms with Crippen molar-refractivity contribution in [2.75, 3.05) is 37.5 Å². The highest BCUT2D eigenvalue weighted by molar-refractivity contribution is 7.15. The number of nitrogens with zero attached hydrogens (tertiary/aromatic N) is 2. The van der Waals surface area contributed by atoms with E-state index in [4.69, 9.17) is 9.84 Å². The van der Waals surface area contributed by atoms with Crippen molar-refractivity contribution in [3.05, 3.63) is 70.5 Å². The van der Waals surface area contributed by atoms with Crippen molar-refractivity contribution in [1.29, 1.82) is 0 Å². The second-order valence-electron chi connectivity index (χ2n) is 6.54. The summed E-state index contributed by atoms with van der Waals surface area (Å²) < 4.78 is 18.9. The fourth-order valence-electron chi connectivity index (χ4n) is 2.76. The van der Waals surface area contributed by atoms with Crippen LogP contribution in [0.25, 0.3) is 0 Å². The fraction of sp³-hybridized carbons (Fsp3) is 0.238. The van der Waals surface area contributed by atoms with Gasteiger partial charge in [-0.1, -0.05) is 12.1 Å². The highest BCUT2D eigenvalue weighted by Gasteiger charge is 2.14. The van der Waals surface area contributed by atoms with Gasteiger partial charge in [0.15, 0.2) is 5.13 Å². The van der Waals surface area contributed by atoms with E-state index in [1.54, 1.807) is 30.5 Å². The number of carbonyl (C=O) groups is 1. The first kappa shape index (κ1) is 20.8. The number of carbonyl (C=O) groups excluding carboxylic acids is 1. The molecule has 2 N–H and O–H groups in total. The van der Waals surface area contributed by atoms with Crippen molar-refractivity contribution < 1.29 is 19.0 Å². The Labute approximate surface area is 172 Å². The van der Waals surface area contributed by atoms with Gasteiger partial charge in [-0.25, -0.2) is 9.37 Å². The van der Waals surface area contributed by atoms with Crippen molar-refractivity contribution in [3.8, 4) is 5.75 Å². The third kappa shape index (κ3) is 5.52. The van der Waals surface area contributed by atoms with E-state index < -0.39 is 0 Å². The number of thiazole rings is 1. The van der Waals surface area contributed by atoms with E-state index in [-0.39, 0.29) is 24.9 Å². The van der Waals surface area contributed by atoms with Crippen LogP contribution in [0.15, 0.2) is 48.7 Å². The lowest BCUT2D eigenvalue weighted by molar-refractivity contribution is 0.102. The van der Waals surface area contributed by atoms with Crippen LogP contribution in [0.2, 0.25) is 0 Å². The molecule has 8 heteroatoms. The SMILES string of the molecule is CN(C)c1ccc(C(=O)Nc2ncc(Cc3cccc(F)c3)s2)cc1OCCO. The number of hydrogen-bond donors (Lipinski definition) is 2. The minimum absolute atomic E-state index is 0.115. The molecule has 0 saturated carbocycles. The molecule has 0 aliphatic carbocycles. The number of aliphatic hydroxyl groups is 1. The van der Waals surface area contributed by atoms with Gasteiger partial charge in [0, 0.05) is 37.2 Å². The van der Waals surface area contributed by atoms with Crippen molar-refractivity contribution in [2.24, 2.45) is 0 Å². The zero-order chi connectivity index (χ0) is 20.8. The molecule has 2 aromatic carbocycles. The number of amides is 1. The quantitative estimate of drug-likeness (QED) is 0.588. The molecule has 3 rings (SSSR count). The van der Waals surface area contributed by atoms with Crippen LogP contribution in [0.4, 0.5) is 15.2 Å². The van der Waals surface area contributed by atoms with Crippen molar-refractivity contribution in [3.63, 3.8) is 0 Å². The van der Waals surface area contributed by atoms with Gasteiger partial charge in [-0.05, 0) is 35.9 Å². The number of ether oxygens (including phenoxy) is 1. The molecule has 0 unspecified atom stereocenters. The zero-order valence-corrected chi connectivity index (χ0v) is 17.0. The molecule has 3 aromatic rings. The number of nitrogens with one attached hydrogen (secondary N) is 1. The van der Waals surface area contributed by atoms with E-state index in [9.17, 15) is 9.18 Å². The lowest BCUT2D eigenvalue weighted by atomic mass is 10.1. The molecule has 29 heavy (non-hydrogen) atoms. The lowest BCUT2D eigenvalue weighted by Crippen LogP contribution is -2.15. The number of benzene rings is 2. The van der Waals surface area contributed by atoms with Crippen LogP contribution >= 0.6 is 11.3 Å². The summed E-state index contributed by atoms with van der Waals surface area (Å²) in [6.07, 6.45) is 2.22. The standard InChI is InChI=1S/C21H22FN3O3S/c1-25(2)18-7-6-15(12-19(18)28-9-8-26)20(27)24-21-23-13-17(29-21)11-14-4-3-5-16(22)10-14/h3-7,10,12-13,26H,8-9,11H2,1-2H3,(H,23,24,27). The van der Waals surface area contributed by atoms with Gasteiger partial charge in [-0.2, -0.15) is 0 Å². The molecule has 0 spiro atoms. The van der Waals surface area contributed by atoms with E-state index in [2.05, 4.69) is 10.3 Å². The molecule has 0 atom stereocenters. The molecule has 0 saturated heterocycles. The van der Waals surface area contributed by atoms with Gasteiger partial charge >= 0.3 is 0 Å². The first-order chi connectivity index (χ1) is 14.0. The Morgan fingerprint density at radius 2 is 2.10 bits per heavy atom.